The Bertz CT molecular complexity index is 525. The van der Waals surface area contributed by atoms with E-state index in [0.29, 0.717) is 17.5 Å². The maximum atomic E-state index is 12.7. The van der Waals surface area contributed by atoms with Crippen molar-refractivity contribution >= 4 is 18.3 Å². The number of pyridine rings is 1. The van der Waals surface area contributed by atoms with E-state index in [1.165, 1.54) is 18.7 Å². The van der Waals surface area contributed by atoms with Gasteiger partial charge in [0.1, 0.15) is 0 Å². The van der Waals surface area contributed by atoms with Crippen molar-refractivity contribution in [2.24, 2.45) is 5.92 Å². The number of amides is 1. The standard InChI is InChI=1S/C15H21N3O2.ClH/c19-14-6-5-12(10-17-14)15(20)18-8-2-3-11-9-16-7-1-4-13(11)18;/h5-6,10-11,13,16H,1-4,7-9H2,(H,17,19);1H. The van der Waals surface area contributed by atoms with E-state index in [1.54, 1.807) is 6.07 Å². The topological polar surface area (TPSA) is 65.2 Å². The second kappa shape index (κ2) is 7.09. The fourth-order valence-electron chi connectivity index (χ4n) is 3.45. The van der Waals surface area contributed by atoms with E-state index < -0.39 is 0 Å². The SMILES string of the molecule is Cl.O=C(c1ccc(=O)[nH]c1)N1CCCC2CNCCCC21. The van der Waals surface area contributed by atoms with Crippen LogP contribution in [0.15, 0.2) is 23.1 Å². The number of piperidine rings is 1. The number of fused-ring (bicyclic) bond motifs is 1. The highest BCUT2D eigenvalue weighted by molar-refractivity contribution is 5.94. The first-order valence-corrected chi connectivity index (χ1v) is 7.46. The van der Waals surface area contributed by atoms with Crippen molar-refractivity contribution < 1.29 is 4.79 Å². The van der Waals surface area contributed by atoms with Gasteiger partial charge in [-0.05, 0) is 50.8 Å². The normalized spacial score (nSPS) is 25.4. The monoisotopic (exact) mass is 311 g/mol. The molecule has 6 heteroatoms. The number of nitrogens with zero attached hydrogens (tertiary/aromatic N) is 1. The highest BCUT2D eigenvalue weighted by atomic mass is 35.5. The lowest BCUT2D eigenvalue weighted by Gasteiger charge is -2.40. The maximum Gasteiger partial charge on any atom is 0.255 e. The van der Waals surface area contributed by atoms with E-state index in [9.17, 15) is 9.59 Å². The summed E-state index contributed by atoms with van der Waals surface area (Å²) in [5, 5.41) is 3.47. The van der Waals surface area contributed by atoms with Gasteiger partial charge in [-0.15, -0.1) is 12.4 Å². The van der Waals surface area contributed by atoms with Crippen molar-refractivity contribution in [2.75, 3.05) is 19.6 Å². The summed E-state index contributed by atoms with van der Waals surface area (Å²) in [6.07, 6.45) is 6.00. The van der Waals surface area contributed by atoms with Crippen LogP contribution in [0.5, 0.6) is 0 Å². The van der Waals surface area contributed by atoms with Gasteiger partial charge in [-0.25, -0.2) is 0 Å². The molecule has 3 rings (SSSR count). The van der Waals surface area contributed by atoms with Crippen LogP contribution in [-0.4, -0.2) is 41.5 Å². The van der Waals surface area contributed by atoms with Crippen LogP contribution in [0.1, 0.15) is 36.0 Å². The average molecular weight is 312 g/mol. The molecule has 5 nitrogen and oxygen atoms in total. The molecule has 0 aromatic carbocycles. The lowest BCUT2D eigenvalue weighted by Crippen LogP contribution is -2.49. The number of aromatic amines is 1. The van der Waals surface area contributed by atoms with Crippen LogP contribution in [-0.2, 0) is 0 Å². The van der Waals surface area contributed by atoms with Crippen molar-refractivity contribution in [3.8, 4) is 0 Å². The van der Waals surface area contributed by atoms with Crippen LogP contribution in [0.3, 0.4) is 0 Å². The van der Waals surface area contributed by atoms with Crippen LogP contribution in [0.2, 0.25) is 0 Å². The predicted molar refractivity (Wildman–Crippen MR) is 84.0 cm³/mol. The second-order valence-electron chi connectivity index (χ2n) is 5.76. The molecule has 2 aliphatic heterocycles. The number of H-pyrrole nitrogens is 1. The minimum Gasteiger partial charge on any atom is -0.335 e. The lowest BCUT2D eigenvalue weighted by molar-refractivity contribution is 0.0494. The summed E-state index contributed by atoms with van der Waals surface area (Å²) < 4.78 is 0. The Balaban J connectivity index is 0.00000161. The van der Waals surface area contributed by atoms with Gasteiger partial charge < -0.3 is 15.2 Å². The number of likely N-dealkylation sites (tertiary alicyclic amines) is 1. The molecule has 1 amide bonds. The van der Waals surface area contributed by atoms with Gasteiger partial charge in [-0.3, -0.25) is 9.59 Å². The molecule has 2 saturated heterocycles. The highest BCUT2D eigenvalue weighted by Gasteiger charge is 2.35. The first kappa shape index (κ1) is 16.0. The van der Waals surface area contributed by atoms with Gasteiger partial charge in [-0.1, -0.05) is 0 Å². The summed E-state index contributed by atoms with van der Waals surface area (Å²) in [6.45, 7) is 2.90. The van der Waals surface area contributed by atoms with Crippen molar-refractivity contribution in [3.05, 3.63) is 34.2 Å². The van der Waals surface area contributed by atoms with Gasteiger partial charge in [0.05, 0.1) is 5.56 Å². The minimum absolute atomic E-state index is 0. The van der Waals surface area contributed by atoms with Crippen LogP contribution < -0.4 is 10.9 Å². The largest absolute Gasteiger partial charge is 0.335 e. The Morgan fingerprint density at radius 3 is 2.86 bits per heavy atom. The zero-order valence-corrected chi connectivity index (χ0v) is 12.8. The van der Waals surface area contributed by atoms with Gasteiger partial charge in [0.15, 0.2) is 0 Å². The zero-order valence-electron chi connectivity index (χ0n) is 12.0. The fraction of sp³-hybridized carbons (Fsp3) is 0.600. The first-order chi connectivity index (χ1) is 9.75. The number of rotatable bonds is 1. The van der Waals surface area contributed by atoms with Crippen LogP contribution in [0, 0.1) is 5.92 Å². The molecule has 0 saturated carbocycles. The third-order valence-corrected chi connectivity index (χ3v) is 4.47. The molecule has 0 spiro atoms. The Morgan fingerprint density at radius 2 is 2.10 bits per heavy atom. The van der Waals surface area contributed by atoms with Crippen molar-refractivity contribution in [2.45, 2.75) is 31.7 Å². The van der Waals surface area contributed by atoms with E-state index >= 15 is 0 Å². The summed E-state index contributed by atoms with van der Waals surface area (Å²) >= 11 is 0. The third-order valence-electron chi connectivity index (χ3n) is 4.47. The Labute approximate surface area is 130 Å². The van der Waals surface area contributed by atoms with Crippen LogP contribution in [0.25, 0.3) is 0 Å². The number of halogens is 1. The molecular formula is C15H22ClN3O2. The average Bonchev–Trinajstić information content (AvgIpc) is 2.72. The number of carbonyl (C=O) groups is 1. The summed E-state index contributed by atoms with van der Waals surface area (Å²) in [5.41, 5.74) is 0.416. The molecule has 1 aromatic heterocycles. The molecule has 0 radical (unpaired) electrons. The molecule has 2 fully saturated rings. The van der Waals surface area contributed by atoms with Crippen molar-refractivity contribution in [3.63, 3.8) is 0 Å². The Morgan fingerprint density at radius 1 is 1.24 bits per heavy atom. The van der Waals surface area contributed by atoms with Gasteiger partial charge in [-0.2, -0.15) is 0 Å². The van der Waals surface area contributed by atoms with Gasteiger partial charge in [0.25, 0.3) is 5.91 Å². The fourth-order valence-corrected chi connectivity index (χ4v) is 3.45. The van der Waals surface area contributed by atoms with E-state index in [4.69, 9.17) is 0 Å². The first-order valence-electron chi connectivity index (χ1n) is 7.46. The molecule has 0 bridgehead atoms. The highest BCUT2D eigenvalue weighted by Crippen LogP contribution is 2.29. The smallest absolute Gasteiger partial charge is 0.255 e. The summed E-state index contributed by atoms with van der Waals surface area (Å²) in [4.78, 5) is 28.4. The van der Waals surface area contributed by atoms with E-state index in [0.717, 1.165) is 38.9 Å². The molecular weight excluding hydrogens is 290 g/mol. The van der Waals surface area contributed by atoms with Gasteiger partial charge in [0.2, 0.25) is 5.56 Å². The van der Waals surface area contributed by atoms with Gasteiger partial charge >= 0.3 is 0 Å². The van der Waals surface area contributed by atoms with E-state index in [2.05, 4.69) is 10.3 Å². The number of hydrogen-bond donors (Lipinski definition) is 2. The predicted octanol–water partition coefficient (Wildman–Crippen LogP) is 1.40. The third kappa shape index (κ3) is 3.47. The van der Waals surface area contributed by atoms with E-state index in [1.807, 2.05) is 4.90 Å². The lowest BCUT2D eigenvalue weighted by atomic mass is 9.87. The molecule has 0 aliphatic carbocycles. The molecule has 3 heterocycles. The summed E-state index contributed by atoms with van der Waals surface area (Å²) in [7, 11) is 0. The molecule has 2 aliphatic rings. The molecule has 21 heavy (non-hydrogen) atoms. The molecule has 2 atom stereocenters. The second-order valence-corrected chi connectivity index (χ2v) is 5.76. The molecule has 2 unspecified atom stereocenters. The number of hydrogen-bond acceptors (Lipinski definition) is 3. The summed E-state index contributed by atoms with van der Waals surface area (Å²) in [5.74, 6) is 0.621. The van der Waals surface area contributed by atoms with Crippen molar-refractivity contribution in [1.82, 2.24) is 15.2 Å². The van der Waals surface area contributed by atoms with E-state index in [-0.39, 0.29) is 23.9 Å². The minimum atomic E-state index is -0.170. The molecule has 2 N–H and O–H groups in total. The van der Waals surface area contributed by atoms with Crippen molar-refractivity contribution in [1.29, 1.82) is 0 Å². The number of nitrogens with one attached hydrogen (secondary N) is 2. The molecule has 1 aromatic rings. The molecule has 116 valence electrons. The van der Waals surface area contributed by atoms with Crippen LogP contribution >= 0.6 is 12.4 Å². The number of aromatic nitrogens is 1. The van der Waals surface area contributed by atoms with Crippen LogP contribution in [0.4, 0.5) is 0 Å². The Hall–Kier alpha value is -1.33. The Kier molecular flexibility index (Phi) is 5.42. The maximum absolute atomic E-state index is 12.7. The quantitative estimate of drug-likeness (QED) is 0.824. The zero-order chi connectivity index (χ0) is 13.9. The summed E-state index contributed by atoms with van der Waals surface area (Å²) in [6, 6.07) is 3.39. The number of carbonyl (C=O) groups excluding carboxylic acids is 1. The van der Waals surface area contributed by atoms with Gasteiger partial charge in [0, 0.05) is 24.8 Å².